The second-order valence-corrected chi connectivity index (χ2v) is 8.69. The molecule has 0 aromatic heterocycles. The van der Waals surface area contributed by atoms with Crippen LogP contribution in [0.4, 0.5) is 4.79 Å². The first-order valence-electron chi connectivity index (χ1n) is 10.4. The molecule has 1 aromatic carbocycles. The van der Waals surface area contributed by atoms with Crippen LogP contribution in [-0.2, 0) is 17.7 Å². The summed E-state index contributed by atoms with van der Waals surface area (Å²) in [6.07, 6.45) is 5.68. The number of ether oxygens (including phenoxy) is 2. The van der Waals surface area contributed by atoms with Crippen molar-refractivity contribution in [1.29, 1.82) is 0 Å². The third-order valence-electron chi connectivity index (χ3n) is 5.19. The number of aryl methyl sites for hydroxylation is 1. The van der Waals surface area contributed by atoms with Crippen molar-refractivity contribution in [3.8, 4) is 5.75 Å². The number of carbonyl (C=O) groups is 1. The van der Waals surface area contributed by atoms with E-state index < -0.39 is 5.60 Å². The Morgan fingerprint density at radius 3 is 2.56 bits per heavy atom. The van der Waals surface area contributed by atoms with Crippen molar-refractivity contribution in [3.05, 3.63) is 29.3 Å². The van der Waals surface area contributed by atoms with Crippen molar-refractivity contribution in [2.45, 2.75) is 65.0 Å². The molecule has 2 aliphatic rings. The number of amides is 1. The highest BCUT2D eigenvalue weighted by Gasteiger charge is 2.24. The van der Waals surface area contributed by atoms with E-state index in [1.807, 2.05) is 31.7 Å². The molecule has 1 fully saturated rings. The van der Waals surface area contributed by atoms with Gasteiger partial charge in [0, 0.05) is 19.6 Å². The number of piperidine rings is 1. The highest BCUT2D eigenvalue weighted by atomic mass is 16.6. The molecular formula is C22H34N2O3. The number of hydrogen-bond acceptors (Lipinski definition) is 4. The van der Waals surface area contributed by atoms with Gasteiger partial charge in [0.2, 0.25) is 0 Å². The van der Waals surface area contributed by atoms with Crippen LogP contribution in [0.5, 0.6) is 5.75 Å². The van der Waals surface area contributed by atoms with Gasteiger partial charge < -0.3 is 14.4 Å². The van der Waals surface area contributed by atoms with Crippen LogP contribution < -0.4 is 4.74 Å². The molecule has 5 heteroatoms. The average Bonchev–Trinajstić information content (AvgIpc) is 2.83. The van der Waals surface area contributed by atoms with Crippen molar-refractivity contribution in [2.75, 3.05) is 32.8 Å². The van der Waals surface area contributed by atoms with Crippen molar-refractivity contribution in [2.24, 2.45) is 0 Å². The molecule has 1 saturated heterocycles. The third kappa shape index (κ3) is 6.13. The van der Waals surface area contributed by atoms with Crippen LogP contribution in [0.1, 0.15) is 57.6 Å². The predicted octanol–water partition coefficient (Wildman–Crippen LogP) is 4.23. The molecule has 2 heterocycles. The summed E-state index contributed by atoms with van der Waals surface area (Å²) in [6, 6.07) is 6.30. The summed E-state index contributed by atoms with van der Waals surface area (Å²) in [5.74, 6) is 0.941. The van der Waals surface area contributed by atoms with Crippen LogP contribution in [0.3, 0.4) is 0 Å². The van der Waals surface area contributed by atoms with Crippen LogP contribution in [0.2, 0.25) is 0 Å². The lowest BCUT2D eigenvalue weighted by Gasteiger charge is -2.26. The van der Waals surface area contributed by atoms with E-state index >= 15 is 0 Å². The molecule has 0 aliphatic carbocycles. The molecule has 150 valence electrons. The van der Waals surface area contributed by atoms with Gasteiger partial charge in [0.15, 0.2) is 0 Å². The lowest BCUT2D eigenvalue weighted by Crippen LogP contribution is -2.36. The SMILES string of the molecule is CC(C)(C)OC(=O)N1CCCc2cc(OCCN3CCCCC3)ccc2C1. The van der Waals surface area contributed by atoms with Crippen LogP contribution in [-0.4, -0.2) is 54.3 Å². The Morgan fingerprint density at radius 1 is 1.04 bits per heavy atom. The minimum Gasteiger partial charge on any atom is -0.492 e. The van der Waals surface area contributed by atoms with Crippen molar-refractivity contribution in [3.63, 3.8) is 0 Å². The first-order valence-corrected chi connectivity index (χ1v) is 10.4. The lowest BCUT2D eigenvalue weighted by atomic mass is 10.0. The van der Waals surface area contributed by atoms with Crippen LogP contribution in [0, 0.1) is 0 Å². The van der Waals surface area contributed by atoms with Gasteiger partial charge >= 0.3 is 6.09 Å². The molecule has 1 amide bonds. The maximum Gasteiger partial charge on any atom is 0.410 e. The number of carbonyl (C=O) groups excluding carboxylic acids is 1. The monoisotopic (exact) mass is 374 g/mol. The smallest absolute Gasteiger partial charge is 0.410 e. The second kappa shape index (κ2) is 8.96. The van der Waals surface area contributed by atoms with Crippen molar-refractivity contribution < 1.29 is 14.3 Å². The molecule has 27 heavy (non-hydrogen) atoms. The number of hydrogen-bond donors (Lipinski definition) is 0. The summed E-state index contributed by atoms with van der Waals surface area (Å²) in [5.41, 5.74) is 2.02. The van der Waals surface area contributed by atoms with E-state index in [1.54, 1.807) is 0 Å². The first kappa shape index (κ1) is 20.0. The fourth-order valence-electron chi connectivity index (χ4n) is 3.78. The molecule has 0 unspecified atom stereocenters. The van der Waals surface area contributed by atoms with Crippen LogP contribution in [0.15, 0.2) is 18.2 Å². The van der Waals surface area contributed by atoms with Crippen molar-refractivity contribution in [1.82, 2.24) is 9.80 Å². The van der Waals surface area contributed by atoms with E-state index in [0.29, 0.717) is 6.54 Å². The van der Waals surface area contributed by atoms with E-state index in [4.69, 9.17) is 9.47 Å². The zero-order chi connectivity index (χ0) is 19.3. The Bertz CT molecular complexity index is 633. The van der Waals surface area contributed by atoms with Gasteiger partial charge in [-0.1, -0.05) is 12.5 Å². The van der Waals surface area contributed by atoms with Gasteiger partial charge in [-0.15, -0.1) is 0 Å². The largest absolute Gasteiger partial charge is 0.492 e. The molecular weight excluding hydrogens is 340 g/mol. The Kier molecular flexibility index (Phi) is 6.64. The molecule has 5 nitrogen and oxygen atoms in total. The van der Waals surface area contributed by atoms with Crippen LogP contribution >= 0.6 is 0 Å². The maximum atomic E-state index is 12.4. The number of likely N-dealkylation sites (tertiary alicyclic amines) is 1. The van der Waals surface area contributed by atoms with Gasteiger partial charge in [0.25, 0.3) is 0 Å². The number of nitrogens with zero attached hydrogens (tertiary/aromatic N) is 2. The van der Waals surface area contributed by atoms with E-state index in [2.05, 4.69) is 17.0 Å². The molecule has 1 aromatic rings. The van der Waals surface area contributed by atoms with Crippen molar-refractivity contribution >= 4 is 6.09 Å². The molecule has 0 radical (unpaired) electrons. The van der Waals surface area contributed by atoms with Crippen LogP contribution in [0.25, 0.3) is 0 Å². The maximum absolute atomic E-state index is 12.4. The fraction of sp³-hybridized carbons (Fsp3) is 0.682. The standard InChI is InChI=1S/C22H34N2O3/c1-22(2,3)27-21(25)24-13-7-8-18-16-20(10-9-19(18)17-24)26-15-14-23-11-5-4-6-12-23/h9-10,16H,4-8,11-15,17H2,1-3H3. The van der Waals surface area contributed by atoms with Gasteiger partial charge in [-0.2, -0.15) is 0 Å². The topological polar surface area (TPSA) is 42.0 Å². The molecule has 0 saturated carbocycles. The van der Waals surface area contributed by atoms with E-state index in [-0.39, 0.29) is 6.09 Å². The summed E-state index contributed by atoms with van der Waals surface area (Å²) >= 11 is 0. The Morgan fingerprint density at radius 2 is 1.81 bits per heavy atom. The molecule has 0 N–H and O–H groups in total. The van der Waals surface area contributed by atoms with E-state index in [0.717, 1.165) is 38.3 Å². The lowest BCUT2D eigenvalue weighted by molar-refractivity contribution is 0.0237. The summed E-state index contributed by atoms with van der Waals surface area (Å²) in [7, 11) is 0. The average molecular weight is 375 g/mol. The highest BCUT2D eigenvalue weighted by Crippen LogP contribution is 2.25. The summed E-state index contributed by atoms with van der Waals surface area (Å²) in [4.78, 5) is 16.7. The zero-order valence-electron chi connectivity index (χ0n) is 17.1. The first-order chi connectivity index (χ1) is 12.9. The quantitative estimate of drug-likeness (QED) is 0.791. The molecule has 0 bridgehead atoms. The highest BCUT2D eigenvalue weighted by molar-refractivity contribution is 5.68. The van der Waals surface area contributed by atoms with E-state index in [9.17, 15) is 4.79 Å². The van der Waals surface area contributed by atoms with Gasteiger partial charge in [-0.3, -0.25) is 4.90 Å². The number of fused-ring (bicyclic) bond motifs is 1. The third-order valence-corrected chi connectivity index (χ3v) is 5.19. The molecule has 3 rings (SSSR count). The molecule has 0 spiro atoms. The summed E-state index contributed by atoms with van der Waals surface area (Å²) in [5, 5.41) is 0. The van der Waals surface area contributed by atoms with Gasteiger partial charge in [0.1, 0.15) is 18.0 Å². The second-order valence-electron chi connectivity index (χ2n) is 8.69. The number of rotatable bonds is 4. The molecule has 2 aliphatic heterocycles. The van der Waals surface area contributed by atoms with Gasteiger partial charge in [0.05, 0.1) is 0 Å². The number of benzene rings is 1. The minimum atomic E-state index is -0.460. The Labute approximate surface area is 163 Å². The molecule has 0 atom stereocenters. The predicted molar refractivity (Wildman–Crippen MR) is 107 cm³/mol. The summed E-state index contributed by atoms with van der Waals surface area (Å²) < 4.78 is 11.5. The van der Waals surface area contributed by atoms with Gasteiger partial charge in [-0.25, -0.2) is 4.79 Å². The Hall–Kier alpha value is -1.75. The summed E-state index contributed by atoms with van der Waals surface area (Å²) in [6.45, 7) is 11.2. The van der Waals surface area contributed by atoms with Gasteiger partial charge in [-0.05, 0) is 82.8 Å². The minimum absolute atomic E-state index is 0.225. The van der Waals surface area contributed by atoms with E-state index in [1.165, 1.54) is 43.5 Å². The zero-order valence-corrected chi connectivity index (χ0v) is 17.1. The Balaban J connectivity index is 1.55. The normalized spacial score (nSPS) is 18.6. The fourth-order valence-corrected chi connectivity index (χ4v) is 3.78.